The number of aryl methyl sites for hydroxylation is 1. The molecule has 1 aromatic heterocycles. The Morgan fingerprint density at radius 1 is 1.77 bits per heavy atom. The third-order valence-corrected chi connectivity index (χ3v) is 1.75. The molecule has 0 atom stereocenters. The van der Waals surface area contributed by atoms with Crippen LogP contribution < -0.4 is 4.74 Å². The van der Waals surface area contributed by atoms with Crippen molar-refractivity contribution in [2.75, 3.05) is 6.61 Å². The van der Waals surface area contributed by atoms with Crippen molar-refractivity contribution in [3.63, 3.8) is 0 Å². The number of hydrogen-bond donors (Lipinski definition) is 1. The highest BCUT2D eigenvalue weighted by molar-refractivity contribution is 6.30. The van der Waals surface area contributed by atoms with Gasteiger partial charge in [-0.1, -0.05) is 11.6 Å². The van der Waals surface area contributed by atoms with Crippen molar-refractivity contribution in [3.8, 4) is 5.75 Å². The van der Waals surface area contributed by atoms with E-state index in [1.165, 1.54) is 6.20 Å². The molecule has 5 heteroatoms. The second kappa shape index (κ2) is 4.09. The Balaban J connectivity index is 2.68. The SMILES string of the molecule is Cc1cc(OCC(=O)O)cnc1Cl. The summed E-state index contributed by atoms with van der Waals surface area (Å²) in [5.41, 5.74) is 0.754. The second-order valence-electron chi connectivity index (χ2n) is 2.46. The molecule has 0 aliphatic heterocycles. The molecule has 0 bridgehead atoms. The molecule has 1 heterocycles. The molecule has 1 N–H and O–H groups in total. The molecule has 0 amide bonds. The maximum absolute atomic E-state index is 10.2. The van der Waals surface area contributed by atoms with Gasteiger partial charge in [-0.25, -0.2) is 9.78 Å². The molecule has 4 nitrogen and oxygen atoms in total. The number of aliphatic carboxylic acids is 1. The predicted octanol–water partition coefficient (Wildman–Crippen LogP) is 1.51. The smallest absolute Gasteiger partial charge is 0.341 e. The van der Waals surface area contributed by atoms with Gasteiger partial charge in [-0.3, -0.25) is 0 Å². The minimum absolute atomic E-state index is 0.372. The van der Waals surface area contributed by atoms with E-state index in [-0.39, 0.29) is 6.61 Å². The summed E-state index contributed by atoms with van der Waals surface area (Å²) < 4.78 is 4.88. The highest BCUT2D eigenvalue weighted by Crippen LogP contribution is 2.17. The summed E-state index contributed by atoms with van der Waals surface area (Å²) in [7, 11) is 0. The molecule has 0 aliphatic carbocycles. The summed E-state index contributed by atoms with van der Waals surface area (Å²) in [6, 6.07) is 1.64. The first kappa shape index (κ1) is 9.80. The fourth-order valence-electron chi connectivity index (χ4n) is 0.756. The van der Waals surface area contributed by atoms with Crippen LogP contribution in [-0.4, -0.2) is 22.7 Å². The number of nitrogens with zero attached hydrogens (tertiary/aromatic N) is 1. The summed E-state index contributed by atoms with van der Waals surface area (Å²) in [6.07, 6.45) is 1.39. The molecule has 0 saturated heterocycles. The van der Waals surface area contributed by atoms with E-state index in [2.05, 4.69) is 4.98 Å². The monoisotopic (exact) mass is 201 g/mol. The fourth-order valence-corrected chi connectivity index (χ4v) is 0.860. The lowest BCUT2D eigenvalue weighted by Gasteiger charge is -2.03. The Morgan fingerprint density at radius 3 is 3.00 bits per heavy atom. The first-order valence-corrected chi connectivity index (χ1v) is 3.94. The number of carboxylic acid groups (broad SMARTS) is 1. The van der Waals surface area contributed by atoms with Crippen molar-refractivity contribution in [1.82, 2.24) is 4.98 Å². The number of ether oxygens (including phenoxy) is 1. The molecule has 1 aromatic rings. The Morgan fingerprint density at radius 2 is 2.46 bits per heavy atom. The molecule has 13 heavy (non-hydrogen) atoms. The lowest BCUT2D eigenvalue weighted by Crippen LogP contribution is -2.09. The topological polar surface area (TPSA) is 59.4 Å². The fraction of sp³-hybridized carbons (Fsp3) is 0.250. The Hall–Kier alpha value is -1.29. The van der Waals surface area contributed by atoms with Crippen molar-refractivity contribution in [1.29, 1.82) is 0 Å². The molecule has 0 spiro atoms. The highest BCUT2D eigenvalue weighted by Gasteiger charge is 2.02. The third kappa shape index (κ3) is 2.91. The minimum Gasteiger partial charge on any atom is -0.480 e. The molecule has 0 fully saturated rings. The average molecular weight is 202 g/mol. The molecule has 70 valence electrons. The van der Waals surface area contributed by atoms with Crippen LogP contribution in [0.2, 0.25) is 5.15 Å². The summed E-state index contributed by atoms with van der Waals surface area (Å²) in [5.74, 6) is -0.614. The molecule has 0 aromatic carbocycles. The van der Waals surface area contributed by atoms with E-state index in [9.17, 15) is 4.79 Å². The molecule has 0 radical (unpaired) electrons. The van der Waals surface area contributed by atoms with Crippen molar-refractivity contribution >= 4 is 17.6 Å². The number of carbonyl (C=O) groups is 1. The number of rotatable bonds is 3. The van der Waals surface area contributed by atoms with Crippen molar-refractivity contribution in [2.24, 2.45) is 0 Å². The predicted molar refractivity (Wildman–Crippen MR) is 47.1 cm³/mol. The molecular formula is C8H8ClNO3. The largest absolute Gasteiger partial charge is 0.480 e. The summed E-state index contributed by atoms with van der Waals surface area (Å²) in [6.45, 7) is 1.39. The van der Waals surface area contributed by atoms with Crippen LogP contribution in [0.1, 0.15) is 5.56 Å². The highest BCUT2D eigenvalue weighted by atomic mass is 35.5. The van der Waals surface area contributed by atoms with Gasteiger partial charge >= 0.3 is 5.97 Å². The Kier molecular flexibility index (Phi) is 3.08. The second-order valence-corrected chi connectivity index (χ2v) is 2.82. The zero-order valence-electron chi connectivity index (χ0n) is 6.95. The van der Waals surface area contributed by atoms with Gasteiger partial charge in [-0.2, -0.15) is 0 Å². The van der Waals surface area contributed by atoms with Gasteiger partial charge in [0.25, 0.3) is 0 Å². The lowest BCUT2D eigenvalue weighted by molar-refractivity contribution is -0.139. The maximum Gasteiger partial charge on any atom is 0.341 e. The van der Waals surface area contributed by atoms with Crippen LogP contribution in [0, 0.1) is 6.92 Å². The molecule has 0 aliphatic rings. The van der Waals surface area contributed by atoms with E-state index in [0.717, 1.165) is 5.56 Å². The minimum atomic E-state index is -1.02. The number of halogens is 1. The zero-order valence-corrected chi connectivity index (χ0v) is 7.71. The van der Waals surface area contributed by atoms with Crippen molar-refractivity contribution in [3.05, 3.63) is 23.0 Å². The van der Waals surface area contributed by atoms with Crippen LogP contribution in [0.5, 0.6) is 5.75 Å². The van der Waals surface area contributed by atoms with Crippen LogP contribution in [0.4, 0.5) is 0 Å². The van der Waals surface area contributed by atoms with Crippen LogP contribution in [0.15, 0.2) is 12.3 Å². The van der Waals surface area contributed by atoms with Crippen LogP contribution >= 0.6 is 11.6 Å². The number of aromatic nitrogens is 1. The van der Waals surface area contributed by atoms with E-state index in [4.69, 9.17) is 21.4 Å². The number of carboxylic acids is 1. The Labute approximate surface area is 80.1 Å². The normalized spacial score (nSPS) is 9.69. The number of pyridine rings is 1. The zero-order chi connectivity index (χ0) is 9.84. The van der Waals surface area contributed by atoms with Crippen LogP contribution in [0.3, 0.4) is 0 Å². The number of hydrogen-bond acceptors (Lipinski definition) is 3. The van der Waals surface area contributed by atoms with E-state index >= 15 is 0 Å². The Bertz CT molecular complexity index is 327. The lowest BCUT2D eigenvalue weighted by atomic mass is 10.3. The van der Waals surface area contributed by atoms with E-state index < -0.39 is 5.97 Å². The van der Waals surface area contributed by atoms with Gasteiger partial charge < -0.3 is 9.84 Å². The molecular weight excluding hydrogens is 194 g/mol. The first-order valence-electron chi connectivity index (χ1n) is 3.56. The van der Waals surface area contributed by atoms with Crippen molar-refractivity contribution < 1.29 is 14.6 Å². The first-order chi connectivity index (χ1) is 6.09. The summed E-state index contributed by atoms with van der Waals surface area (Å²) in [4.78, 5) is 14.0. The summed E-state index contributed by atoms with van der Waals surface area (Å²) >= 11 is 5.66. The van der Waals surface area contributed by atoms with Gasteiger partial charge in [0.05, 0.1) is 6.20 Å². The standard InChI is InChI=1S/C8H8ClNO3/c1-5-2-6(3-10-8(5)9)13-4-7(11)12/h2-3H,4H2,1H3,(H,11,12). The van der Waals surface area contributed by atoms with Gasteiger partial charge in [-0.15, -0.1) is 0 Å². The molecule has 0 saturated carbocycles. The van der Waals surface area contributed by atoms with Gasteiger partial charge in [0.15, 0.2) is 6.61 Å². The van der Waals surface area contributed by atoms with Crippen LogP contribution in [-0.2, 0) is 4.79 Å². The quantitative estimate of drug-likeness (QED) is 0.753. The summed E-state index contributed by atoms with van der Waals surface area (Å²) in [5, 5.41) is 8.72. The van der Waals surface area contributed by atoms with Crippen molar-refractivity contribution in [2.45, 2.75) is 6.92 Å². The van der Waals surface area contributed by atoms with Gasteiger partial charge in [0.2, 0.25) is 0 Å². The molecule has 0 unspecified atom stereocenters. The maximum atomic E-state index is 10.2. The van der Waals surface area contributed by atoms with E-state index in [0.29, 0.717) is 10.9 Å². The molecule has 1 rings (SSSR count). The van der Waals surface area contributed by atoms with Gasteiger partial charge in [0, 0.05) is 0 Å². The van der Waals surface area contributed by atoms with E-state index in [1.807, 2.05) is 0 Å². The van der Waals surface area contributed by atoms with E-state index in [1.54, 1.807) is 13.0 Å². The van der Waals surface area contributed by atoms with Gasteiger partial charge in [-0.05, 0) is 18.6 Å². The third-order valence-electron chi connectivity index (χ3n) is 1.35. The van der Waals surface area contributed by atoms with Crippen LogP contribution in [0.25, 0.3) is 0 Å². The average Bonchev–Trinajstić information content (AvgIpc) is 2.07. The van der Waals surface area contributed by atoms with Gasteiger partial charge in [0.1, 0.15) is 10.9 Å².